The molecule has 0 bridgehead atoms. The maximum atomic E-state index is 5.89. The van der Waals surface area contributed by atoms with Crippen LogP contribution in [0.25, 0.3) is 0 Å². The van der Waals surface area contributed by atoms with Crippen LogP contribution < -0.4 is 4.74 Å². The molecule has 0 N–H and O–H groups in total. The van der Waals surface area contributed by atoms with Crippen LogP contribution in [0.3, 0.4) is 0 Å². The molecule has 0 aliphatic carbocycles. The van der Waals surface area contributed by atoms with E-state index < -0.39 is 0 Å². The largest absolute Gasteiger partial charge is 0.486 e. The van der Waals surface area contributed by atoms with E-state index >= 15 is 0 Å². The fourth-order valence-corrected chi connectivity index (χ4v) is 3.14. The van der Waals surface area contributed by atoms with Gasteiger partial charge in [-0.25, -0.2) is 0 Å². The minimum atomic E-state index is 0.230. The molecule has 142 valence electrons. The zero-order valence-corrected chi connectivity index (χ0v) is 16.7. The van der Waals surface area contributed by atoms with Crippen LogP contribution in [-0.4, -0.2) is 24.9 Å². The molecule has 3 rings (SSSR count). The summed E-state index contributed by atoms with van der Waals surface area (Å²) in [5.41, 5.74) is 0. The SMILES string of the molecule is C=CCn1c(COc2ccc(Cl)cc2)nnc1SCc1nc(C(C)C)no1. The minimum Gasteiger partial charge on any atom is -0.486 e. The molecule has 0 aliphatic rings. The Kier molecular flexibility index (Phi) is 6.52. The zero-order valence-electron chi connectivity index (χ0n) is 15.1. The molecule has 0 spiro atoms. The van der Waals surface area contributed by atoms with Gasteiger partial charge < -0.3 is 9.26 Å². The molecule has 0 radical (unpaired) electrons. The molecule has 0 saturated heterocycles. The third-order valence-electron chi connectivity index (χ3n) is 3.61. The van der Waals surface area contributed by atoms with Gasteiger partial charge in [0.1, 0.15) is 12.4 Å². The smallest absolute Gasteiger partial charge is 0.237 e. The number of nitrogens with zero attached hydrogens (tertiary/aromatic N) is 5. The van der Waals surface area contributed by atoms with Crippen LogP contribution in [0.4, 0.5) is 0 Å². The maximum Gasteiger partial charge on any atom is 0.237 e. The first kappa shape index (κ1) is 19.4. The predicted molar refractivity (Wildman–Crippen MR) is 104 cm³/mol. The highest BCUT2D eigenvalue weighted by atomic mass is 35.5. The summed E-state index contributed by atoms with van der Waals surface area (Å²) in [5.74, 6) is 3.45. The molecule has 0 fully saturated rings. The van der Waals surface area contributed by atoms with E-state index in [0.29, 0.717) is 47.2 Å². The number of thioether (sulfide) groups is 1. The molecule has 3 aromatic rings. The Hall–Kier alpha value is -2.32. The van der Waals surface area contributed by atoms with Crippen molar-refractivity contribution in [2.75, 3.05) is 0 Å². The molecule has 0 unspecified atom stereocenters. The second kappa shape index (κ2) is 9.05. The maximum absolute atomic E-state index is 5.89. The highest BCUT2D eigenvalue weighted by molar-refractivity contribution is 7.98. The lowest BCUT2D eigenvalue weighted by Gasteiger charge is -2.08. The van der Waals surface area contributed by atoms with Gasteiger partial charge in [-0.15, -0.1) is 16.8 Å². The van der Waals surface area contributed by atoms with Crippen molar-refractivity contribution in [2.45, 2.75) is 43.8 Å². The zero-order chi connectivity index (χ0) is 19.2. The molecule has 1 aromatic carbocycles. The first-order chi connectivity index (χ1) is 13.1. The van der Waals surface area contributed by atoms with E-state index in [1.165, 1.54) is 11.8 Å². The molecule has 0 amide bonds. The number of aromatic nitrogens is 5. The Balaban J connectivity index is 1.66. The van der Waals surface area contributed by atoms with Crippen LogP contribution in [0, 0.1) is 0 Å². The molecular weight excluding hydrogens is 386 g/mol. The van der Waals surface area contributed by atoms with Crippen LogP contribution in [-0.2, 0) is 18.9 Å². The van der Waals surface area contributed by atoms with Crippen LogP contribution in [0.5, 0.6) is 5.75 Å². The Morgan fingerprint density at radius 3 is 2.74 bits per heavy atom. The van der Waals surface area contributed by atoms with Gasteiger partial charge in [-0.05, 0) is 24.3 Å². The molecule has 9 heteroatoms. The Labute approximate surface area is 166 Å². The van der Waals surface area contributed by atoms with Gasteiger partial charge in [-0.3, -0.25) is 4.57 Å². The summed E-state index contributed by atoms with van der Waals surface area (Å²) in [5, 5.41) is 13.9. The van der Waals surface area contributed by atoms with Crippen LogP contribution >= 0.6 is 23.4 Å². The number of halogens is 1. The van der Waals surface area contributed by atoms with Crippen molar-refractivity contribution in [3.63, 3.8) is 0 Å². The van der Waals surface area contributed by atoms with E-state index in [9.17, 15) is 0 Å². The first-order valence-corrected chi connectivity index (χ1v) is 9.79. The second-order valence-electron chi connectivity index (χ2n) is 6.03. The summed E-state index contributed by atoms with van der Waals surface area (Å²) in [7, 11) is 0. The van der Waals surface area contributed by atoms with E-state index in [-0.39, 0.29) is 5.92 Å². The predicted octanol–water partition coefficient (Wildman–Crippen LogP) is 4.50. The standard InChI is InChI=1S/C18H20ClN5O2S/c1-4-9-24-15(10-25-14-7-5-13(19)6-8-14)21-22-18(24)27-11-16-20-17(12(2)3)23-26-16/h4-8,12H,1,9-11H2,2-3H3. The Bertz CT molecular complexity index is 892. The minimum absolute atomic E-state index is 0.230. The number of rotatable bonds is 9. The van der Waals surface area contributed by atoms with Gasteiger partial charge >= 0.3 is 0 Å². The lowest BCUT2D eigenvalue weighted by atomic mass is 10.2. The summed E-state index contributed by atoms with van der Waals surface area (Å²) < 4.78 is 13.0. The van der Waals surface area contributed by atoms with E-state index in [1.807, 2.05) is 30.5 Å². The fraction of sp³-hybridized carbons (Fsp3) is 0.333. The lowest BCUT2D eigenvalue weighted by Crippen LogP contribution is -2.07. The van der Waals surface area contributed by atoms with E-state index in [4.69, 9.17) is 20.9 Å². The monoisotopic (exact) mass is 405 g/mol. The number of hydrogen-bond donors (Lipinski definition) is 0. The molecule has 2 aromatic heterocycles. The van der Waals surface area contributed by atoms with E-state index in [1.54, 1.807) is 18.2 Å². The number of hydrogen-bond acceptors (Lipinski definition) is 7. The normalized spacial score (nSPS) is 11.1. The third-order valence-corrected chi connectivity index (χ3v) is 4.82. The van der Waals surface area contributed by atoms with E-state index in [0.717, 1.165) is 5.16 Å². The third kappa shape index (κ3) is 5.11. The number of benzene rings is 1. The average molecular weight is 406 g/mol. The molecule has 27 heavy (non-hydrogen) atoms. The molecule has 2 heterocycles. The quantitative estimate of drug-likeness (QED) is 0.383. The molecule has 0 saturated carbocycles. The summed E-state index contributed by atoms with van der Waals surface area (Å²) in [6.45, 7) is 8.72. The Morgan fingerprint density at radius 1 is 1.30 bits per heavy atom. The van der Waals surface area contributed by atoms with Gasteiger partial charge in [0.2, 0.25) is 5.89 Å². The van der Waals surface area contributed by atoms with Gasteiger partial charge in [-0.1, -0.05) is 48.4 Å². The van der Waals surface area contributed by atoms with Gasteiger partial charge in [-0.2, -0.15) is 4.98 Å². The van der Waals surface area contributed by atoms with Crippen LogP contribution in [0.2, 0.25) is 5.02 Å². The fourth-order valence-electron chi connectivity index (χ4n) is 2.21. The van der Waals surface area contributed by atoms with Gasteiger partial charge in [0.25, 0.3) is 0 Å². The highest BCUT2D eigenvalue weighted by Crippen LogP contribution is 2.23. The molecular formula is C18H20ClN5O2S. The van der Waals surface area contributed by atoms with E-state index in [2.05, 4.69) is 26.9 Å². The number of allylic oxidation sites excluding steroid dienone is 1. The van der Waals surface area contributed by atoms with Crippen molar-refractivity contribution >= 4 is 23.4 Å². The van der Waals surface area contributed by atoms with Crippen molar-refractivity contribution < 1.29 is 9.26 Å². The summed E-state index contributed by atoms with van der Waals surface area (Å²) >= 11 is 7.37. The van der Waals surface area contributed by atoms with Gasteiger partial charge in [0.15, 0.2) is 16.8 Å². The first-order valence-electron chi connectivity index (χ1n) is 8.43. The van der Waals surface area contributed by atoms with Crippen LogP contribution in [0.1, 0.15) is 37.3 Å². The van der Waals surface area contributed by atoms with Crippen molar-refractivity contribution in [2.24, 2.45) is 0 Å². The van der Waals surface area contributed by atoms with Crippen molar-refractivity contribution in [3.8, 4) is 5.75 Å². The average Bonchev–Trinajstić information content (AvgIpc) is 3.27. The molecule has 0 aliphatic heterocycles. The molecule has 7 nitrogen and oxygen atoms in total. The Morgan fingerprint density at radius 2 is 2.07 bits per heavy atom. The molecule has 0 atom stereocenters. The van der Waals surface area contributed by atoms with Crippen molar-refractivity contribution in [1.29, 1.82) is 0 Å². The van der Waals surface area contributed by atoms with Gasteiger partial charge in [0, 0.05) is 17.5 Å². The second-order valence-corrected chi connectivity index (χ2v) is 7.41. The lowest BCUT2D eigenvalue weighted by molar-refractivity contribution is 0.289. The van der Waals surface area contributed by atoms with Crippen molar-refractivity contribution in [1.82, 2.24) is 24.9 Å². The number of ether oxygens (including phenoxy) is 1. The topological polar surface area (TPSA) is 78.9 Å². The summed E-state index contributed by atoms with van der Waals surface area (Å²) in [6, 6.07) is 7.19. The summed E-state index contributed by atoms with van der Waals surface area (Å²) in [4.78, 5) is 4.38. The van der Waals surface area contributed by atoms with Crippen LogP contribution in [0.15, 0.2) is 46.6 Å². The summed E-state index contributed by atoms with van der Waals surface area (Å²) in [6.07, 6.45) is 1.79. The van der Waals surface area contributed by atoms with Crippen molar-refractivity contribution in [3.05, 3.63) is 59.5 Å². The van der Waals surface area contributed by atoms with Gasteiger partial charge in [0.05, 0.1) is 5.75 Å². The highest BCUT2D eigenvalue weighted by Gasteiger charge is 2.15.